The number of ether oxygens (including phenoxy) is 1. The molecule has 1 heterocycles. The van der Waals surface area contributed by atoms with Crippen LogP contribution in [0.25, 0.3) is 0 Å². The zero-order chi connectivity index (χ0) is 19.6. The fourth-order valence-electron chi connectivity index (χ4n) is 3.25. The molecule has 6 nitrogen and oxygen atoms in total. The molecular formula is C20H24N2O4S. The predicted octanol–water partition coefficient (Wildman–Crippen LogP) is 3.63. The molecule has 0 atom stereocenters. The first kappa shape index (κ1) is 19.2. The number of rotatable bonds is 5. The maximum absolute atomic E-state index is 12.9. The van der Waals surface area contributed by atoms with Gasteiger partial charge in [0.15, 0.2) is 0 Å². The minimum Gasteiger partial charge on any atom is -0.495 e. The van der Waals surface area contributed by atoms with Crippen LogP contribution in [-0.4, -0.2) is 28.0 Å². The molecule has 1 amide bonds. The van der Waals surface area contributed by atoms with E-state index in [-0.39, 0.29) is 10.8 Å². The lowest BCUT2D eigenvalue weighted by molar-refractivity contribution is -0.119. The van der Waals surface area contributed by atoms with Gasteiger partial charge in [-0.1, -0.05) is 12.1 Å². The van der Waals surface area contributed by atoms with Crippen LogP contribution in [0.15, 0.2) is 41.3 Å². The number of carbonyl (C=O) groups excluding carboxylic acids is 1. The molecule has 0 bridgehead atoms. The molecule has 0 unspecified atom stereocenters. The Labute approximate surface area is 160 Å². The van der Waals surface area contributed by atoms with Crippen molar-refractivity contribution in [2.24, 2.45) is 0 Å². The van der Waals surface area contributed by atoms with E-state index in [0.29, 0.717) is 35.7 Å². The highest BCUT2D eigenvalue weighted by Gasteiger charge is 2.24. The Morgan fingerprint density at radius 2 is 1.89 bits per heavy atom. The fraction of sp³-hybridized carbons (Fsp3) is 0.350. The summed E-state index contributed by atoms with van der Waals surface area (Å²) in [6.07, 6.45) is 2.27. The lowest BCUT2D eigenvalue weighted by Gasteiger charge is -2.28. The molecule has 1 aliphatic rings. The Morgan fingerprint density at radius 1 is 1.11 bits per heavy atom. The van der Waals surface area contributed by atoms with Crippen molar-refractivity contribution < 1.29 is 17.9 Å². The average molecular weight is 388 g/mol. The maximum Gasteiger partial charge on any atom is 0.262 e. The number of nitrogens with one attached hydrogen (secondary N) is 1. The third-order valence-corrected chi connectivity index (χ3v) is 6.42. The molecule has 2 aromatic carbocycles. The number of sulfonamides is 1. The van der Waals surface area contributed by atoms with Crippen LogP contribution < -0.4 is 14.4 Å². The fourth-order valence-corrected chi connectivity index (χ4v) is 4.62. The summed E-state index contributed by atoms with van der Waals surface area (Å²) < 4.78 is 33.7. The lowest BCUT2D eigenvalue weighted by atomic mass is 10.1. The van der Waals surface area contributed by atoms with Crippen molar-refractivity contribution in [3.8, 4) is 5.75 Å². The van der Waals surface area contributed by atoms with Crippen molar-refractivity contribution in [3.05, 3.63) is 47.5 Å². The molecule has 0 aromatic heterocycles. The summed E-state index contributed by atoms with van der Waals surface area (Å²) in [7, 11) is -2.21. The predicted molar refractivity (Wildman–Crippen MR) is 106 cm³/mol. The summed E-state index contributed by atoms with van der Waals surface area (Å²) in [5.41, 5.74) is 2.60. The second kappa shape index (κ2) is 7.60. The van der Waals surface area contributed by atoms with E-state index in [1.54, 1.807) is 42.2 Å². The summed E-state index contributed by atoms with van der Waals surface area (Å²) in [5.74, 6) is 0.564. The first-order chi connectivity index (χ1) is 12.8. The van der Waals surface area contributed by atoms with Gasteiger partial charge in [0.2, 0.25) is 5.91 Å². The second-order valence-electron chi connectivity index (χ2n) is 6.69. The molecule has 0 aliphatic carbocycles. The largest absolute Gasteiger partial charge is 0.495 e. The smallest absolute Gasteiger partial charge is 0.262 e. The maximum atomic E-state index is 12.9. The number of aryl methyl sites for hydroxylation is 1. The Morgan fingerprint density at radius 3 is 2.59 bits per heavy atom. The number of piperidine rings is 1. The van der Waals surface area contributed by atoms with Gasteiger partial charge in [0.25, 0.3) is 10.0 Å². The summed E-state index contributed by atoms with van der Waals surface area (Å²) in [6, 6.07) is 10.2. The van der Waals surface area contributed by atoms with Crippen LogP contribution in [0, 0.1) is 13.8 Å². The molecule has 144 valence electrons. The molecule has 1 saturated heterocycles. The van der Waals surface area contributed by atoms with E-state index >= 15 is 0 Å². The van der Waals surface area contributed by atoms with Crippen molar-refractivity contribution in [1.82, 2.24) is 0 Å². The van der Waals surface area contributed by atoms with Crippen LogP contribution in [0.3, 0.4) is 0 Å². The number of amides is 1. The van der Waals surface area contributed by atoms with Gasteiger partial charge in [-0.3, -0.25) is 9.52 Å². The SMILES string of the molecule is COc1ccc(NS(=O)(=O)c2cccc(C)c2C)cc1N1CCCCC1=O. The Kier molecular flexibility index (Phi) is 5.41. The van der Waals surface area contributed by atoms with Gasteiger partial charge in [0, 0.05) is 13.0 Å². The third kappa shape index (κ3) is 3.93. The number of anilines is 2. The second-order valence-corrected chi connectivity index (χ2v) is 8.34. The van der Waals surface area contributed by atoms with Gasteiger partial charge in [-0.05, 0) is 62.1 Å². The lowest BCUT2D eigenvalue weighted by Crippen LogP contribution is -2.35. The molecule has 0 radical (unpaired) electrons. The summed E-state index contributed by atoms with van der Waals surface area (Å²) in [6.45, 7) is 4.26. The minimum absolute atomic E-state index is 0.0223. The van der Waals surface area contributed by atoms with Gasteiger partial charge in [-0.2, -0.15) is 0 Å². The van der Waals surface area contributed by atoms with Gasteiger partial charge in [-0.15, -0.1) is 0 Å². The van der Waals surface area contributed by atoms with Gasteiger partial charge in [0.1, 0.15) is 5.75 Å². The number of hydrogen-bond donors (Lipinski definition) is 1. The molecule has 7 heteroatoms. The summed E-state index contributed by atoms with van der Waals surface area (Å²) in [4.78, 5) is 14.2. The molecule has 0 spiro atoms. The molecule has 27 heavy (non-hydrogen) atoms. The van der Waals surface area contributed by atoms with Crippen LogP contribution in [0.2, 0.25) is 0 Å². The quantitative estimate of drug-likeness (QED) is 0.849. The van der Waals surface area contributed by atoms with E-state index in [0.717, 1.165) is 18.4 Å². The van der Waals surface area contributed by atoms with Crippen molar-refractivity contribution in [2.75, 3.05) is 23.3 Å². The molecule has 1 aliphatic heterocycles. The Balaban J connectivity index is 1.97. The molecule has 0 saturated carbocycles. The van der Waals surface area contributed by atoms with Gasteiger partial charge in [-0.25, -0.2) is 8.42 Å². The van der Waals surface area contributed by atoms with E-state index < -0.39 is 10.0 Å². The van der Waals surface area contributed by atoms with E-state index in [9.17, 15) is 13.2 Å². The molecular weight excluding hydrogens is 364 g/mol. The minimum atomic E-state index is -3.74. The standard InChI is InChI=1S/C20H24N2O4S/c1-14-7-6-8-19(15(14)2)27(24,25)21-16-10-11-18(26-3)17(13-16)22-12-5-4-9-20(22)23/h6-8,10-11,13,21H,4-5,9,12H2,1-3H3. The van der Waals surface area contributed by atoms with Gasteiger partial charge < -0.3 is 9.64 Å². The number of methoxy groups -OCH3 is 1. The monoisotopic (exact) mass is 388 g/mol. The van der Waals surface area contributed by atoms with Crippen molar-refractivity contribution in [2.45, 2.75) is 38.0 Å². The summed E-state index contributed by atoms with van der Waals surface area (Å²) >= 11 is 0. The summed E-state index contributed by atoms with van der Waals surface area (Å²) in [5, 5.41) is 0. The van der Waals surface area contributed by atoms with Crippen molar-refractivity contribution in [3.63, 3.8) is 0 Å². The van der Waals surface area contributed by atoms with Crippen LogP contribution in [0.1, 0.15) is 30.4 Å². The normalized spacial score (nSPS) is 14.9. The first-order valence-corrected chi connectivity index (χ1v) is 10.4. The highest BCUT2D eigenvalue weighted by atomic mass is 32.2. The Hall–Kier alpha value is -2.54. The average Bonchev–Trinajstić information content (AvgIpc) is 2.64. The van der Waals surface area contributed by atoms with E-state index in [4.69, 9.17) is 4.74 Å². The van der Waals surface area contributed by atoms with Crippen LogP contribution >= 0.6 is 0 Å². The highest BCUT2D eigenvalue weighted by molar-refractivity contribution is 7.92. The van der Waals surface area contributed by atoms with E-state index in [2.05, 4.69) is 4.72 Å². The Bertz CT molecular complexity index is 970. The van der Waals surface area contributed by atoms with Crippen molar-refractivity contribution in [1.29, 1.82) is 0 Å². The first-order valence-electron chi connectivity index (χ1n) is 8.91. The molecule has 1 fully saturated rings. The number of hydrogen-bond acceptors (Lipinski definition) is 4. The number of carbonyl (C=O) groups is 1. The zero-order valence-corrected chi connectivity index (χ0v) is 16.6. The zero-order valence-electron chi connectivity index (χ0n) is 15.8. The third-order valence-electron chi connectivity index (χ3n) is 4.89. The molecule has 3 rings (SSSR count). The molecule has 2 aromatic rings. The molecule has 1 N–H and O–H groups in total. The highest BCUT2D eigenvalue weighted by Crippen LogP contribution is 2.34. The van der Waals surface area contributed by atoms with Gasteiger partial charge in [0.05, 0.1) is 23.4 Å². The number of nitrogens with zero attached hydrogens (tertiary/aromatic N) is 1. The van der Waals surface area contributed by atoms with E-state index in [1.165, 1.54) is 7.11 Å². The van der Waals surface area contributed by atoms with E-state index in [1.807, 2.05) is 13.0 Å². The number of benzene rings is 2. The topological polar surface area (TPSA) is 75.7 Å². The van der Waals surface area contributed by atoms with Crippen LogP contribution in [0.4, 0.5) is 11.4 Å². The van der Waals surface area contributed by atoms with Gasteiger partial charge >= 0.3 is 0 Å². The van der Waals surface area contributed by atoms with Crippen molar-refractivity contribution >= 4 is 27.3 Å². The van der Waals surface area contributed by atoms with Crippen LogP contribution in [0.5, 0.6) is 5.75 Å². The van der Waals surface area contributed by atoms with Crippen LogP contribution in [-0.2, 0) is 14.8 Å².